The van der Waals surface area contributed by atoms with Crippen molar-refractivity contribution in [3.63, 3.8) is 0 Å². The van der Waals surface area contributed by atoms with Gasteiger partial charge in [-0.05, 0) is 60.7 Å². The number of sulfone groups is 1. The number of hydrogen-bond donors (Lipinski definition) is 0. The molecular weight excluding hydrogens is 438 g/mol. The highest BCUT2D eigenvalue weighted by atomic mass is 32.2. The number of nitrogens with zero attached hydrogens (tertiary/aromatic N) is 2. The summed E-state index contributed by atoms with van der Waals surface area (Å²) in [6.45, 7) is 0.989. The third-order valence-corrected chi connectivity index (χ3v) is 7.81. The average molecular weight is 463 g/mol. The molecule has 0 spiro atoms. The van der Waals surface area contributed by atoms with Gasteiger partial charge in [-0.3, -0.25) is 9.59 Å². The Balaban J connectivity index is 1.30. The van der Waals surface area contributed by atoms with Gasteiger partial charge in [-0.15, -0.1) is 0 Å². The van der Waals surface area contributed by atoms with Gasteiger partial charge in [0.1, 0.15) is 0 Å². The van der Waals surface area contributed by atoms with Crippen LogP contribution in [0.25, 0.3) is 0 Å². The fourth-order valence-corrected chi connectivity index (χ4v) is 5.49. The van der Waals surface area contributed by atoms with E-state index >= 15 is 0 Å². The molecule has 0 N–H and O–H groups in total. The molecule has 2 aliphatic rings. The van der Waals surface area contributed by atoms with Crippen LogP contribution in [0.15, 0.2) is 41.3 Å². The lowest BCUT2D eigenvalue weighted by molar-refractivity contribution is -0.132. The highest BCUT2D eigenvalue weighted by molar-refractivity contribution is 7.91. The summed E-state index contributed by atoms with van der Waals surface area (Å²) in [6.07, 6.45) is 2.75. The maximum atomic E-state index is 13.4. The van der Waals surface area contributed by atoms with Crippen molar-refractivity contribution in [3.8, 4) is 0 Å². The van der Waals surface area contributed by atoms with Crippen molar-refractivity contribution in [2.24, 2.45) is 0 Å². The number of aryl methyl sites for hydroxylation is 2. The molecule has 1 fully saturated rings. The molecule has 0 aromatic heterocycles. The highest BCUT2D eigenvalue weighted by Crippen LogP contribution is 2.25. The zero-order valence-corrected chi connectivity index (χ0v) is 18.3. The van der Waals surface area contributed by atoms with E-state index in [1.165, 1.54) is 21.4 Å². The Kier molecular flexibility index (Phi) is 6.28. The molecule has 2 aromatic carbocycles. The maximum Gasteiger partial charge on any atom is 0.254 e. The van der Waals surface area contributed by atoms with Crippen LogP contribution in [0.3, 0.4) is 0 Å². The number of carbonyl (C=O) groups excluding carboxylic acids is 2. The lowest BCUT2D eigenvalue weighted by Gasteiger charge is -2.35. The molecule has 0 bridgehead atoms. The smallest absolute Gasteiger partial charge is 0.254 e. The number of rotatable bonds is 5. The van der Waals surface area contributed by atoms with E-state index in [9.17, 15) is 26.8 Å². The van der Waals surface area contributed by atoms with Gasteiger partial charge in [0.2, 0.25) is 5.91 Å². The van der Waals surface area contributed by atoms with Crippen LogP contribution in [0.2, 0.25) is 0 Å². The predicted octanol–water partition coefficient (Wildman–Crippen LogP) is 2.60. The van der Waals surface area contributed by atoms with Crippen molar-refractivity contribution in [1.82, 2.24) is 9.80 Å². The quantitative estimate of drug-likeness (QED) is 0.685. The molecule has 2 aromatic rings. The molecule has 0 radical (unpaired) electrons. The largest absolute Gasteiger partial charge is 0.339 e. The van der Waals surface area contributed by atoms with Gasteiger partial charge in [0.25, 0.3) is 5.91 Å². The van der Waals surface area contributed by atoms with Gasteiger partial charge in [-0.1, -0.05) is 6.07 Å². The topological polar surface area (TPSA) is 74.8 Å². The summed E-state index contributed by atoms with van der Waals surface area (Å²) in [5, 5.41) is 0. The summed E-state index contributed by atoms with van der Waals surface area (Å²) >= 11 is 0. The van der Waals surface area contributed by atoms with Crippen molar-refractivity contribution in [1.29, 1.82) is 0 Å². The van der Waals surface area contributed by atoms with E-state index in [-0.39, 0.29) is 54.7 Å². The summed E-state index contributed by atoms with van der Waals surface area (Å²) < 4.78 is 51.9. The second kappa shape index (κ2) is 8.97. The molecule has 0 unspecified atom stereocenters. The molecule has 1 heterocycles. The number of piperazine rings is 1. The lowest BCUT2D eigenvalue weighted by Crippen LogP contribution is -2.50. The van der Waals surface area contributed by atoms with Crippen molar-refractivity contribution < 1.29 is 26.8 Å². The van der Waals surface area contributed by atoms with Crippen LogP contribution >= 0.6 is 0 Å². The minimum Gasteiger partial charge on any atom is -0.339 e. The predicted molar refractivity (Wildman–Crippen MR) is 114 cm³/mol. The third-order valence-electron chi connectivity index (χ3n) is 6.10. The van der Waals surface area contributed by atoms with Crippen LogP contribution in [-0.4, -0.2) is 62.0 Å². The fraction of sp³-hybridized carbons (Fsp3) is 0.391. The molecule has 0 saturated carbocycles. The molecule has 0 atom stereocenters. The van der Waals surface area contributed by atoms with Gasteiger partial charge in [0.05, 0.1) is 10.6 Å². The van der Waals surface area contributed by atoms with Gasteiger partial charge in [-0.25, -0.2) is 17.2 Å². The summed E-state index contributed by atoms with van der Waals surface area (Å²) in [6, 6.07) is 8.20. The number of carbonyl (C=O) groups is 2. The van der Waals surface area contributed by atoms with Crippen LogP contribution in [0, 0.1) is 11.6 Å². The second-order valence-corrected chi connectivity index (χ2v) is 10.3. The fourth-order valence-electron chi connectivity index (χ4n) is 4.21. The van der Waals surface area contributed by atoms with Crippen molar-refractivity contribution in [3.05, 3.63) is 64.7 Å². The minimum atomic E-state index is -3.56. The van der Waals surface area contributed by atoms with E-state index in [0.29, 0.717) is 0 Å². The average Bonchev–Trinajstić information content (AvgIpc) is 3.27. The van der Waals surface area contributed by atoms with Gasteiger partial charge < -0.3 is 9.80 Å². The standard InChI is InChI=1S/C23H24F2N2O4S/c24-20-7-5-18(15-21(20)25)23(29)27-11-9-26(10-12-27)22(28)8-13-32(30,31)19-6-4-16-2-1-3-17(16)14-19/h4-7,14-15H,1-3,8-13H2. The Hall–Kier alpha value is -2.81. The first kappa shape index (κ1) is 22.4. The van der Waals surface area contributed by atoms with E-state index in [2.05, 4.69) is 0 Å². The second-order valence-electron chi connectivity index (χ2n) is 8.15. The first-order valence-electron chi connectivity index (χ1n) is 10.6. The van der Waals surface area contributed by atoms with E-state index in [4.69, 9.17) is 0 Å². The van der Waals surface area contributed by atoms with Crippen LogP contribution in [0.5, 0.6) is 0 Å². The molecule has 170 valence electrons. The monoisotopic (exact) mass is 462 g/mol. The molecule has 9 heteroatoms. The van der Waals surface area contributed by atoms with E-state index in [1.54, 1.807) is 12.1 Å². The van der Waals surface area contributed by atoms with Crippen LogP contribution < -0.4 is 0 Å². The summed E-state index contributed by atoms with van der Waals surface area (Å²) in [4.78, 5) is 28.3. The Labute approximate surface area is 185 Å². The molecule has 1 aliphatic carbocycles. The number of benzene rings is 2. The first-order valence-corrected chi connectivity index (χ1v) is 12.3. The molecule has 4 rings (SSSR count). The van der Waals surface area contributed by atoms with Crippen LogP contribution in [-0.2, 0) is 27.5 Å². The Bertz CT molecular complexity index is 1160. The van der Waals surface area contributed by atoms with Crippen molar-refractivity contribution >= 4 is 21.7 Å². The molecule has 2 amide bonds. The Morgan fingerprint density at radius 1 is 0.844 bits per heavy atom. The van der Waals surface area contributed by atoms with Crippen LogP contribution in [0.1, 0.15) is 34.3 Å². The zero-order valence-electron chi connectivity index (χ0n) is 17.5. The summed E-state index contributed by atoms with van der Waals surface area (Å²) in [5.41, 5.74) is 2.30. The van der Waals surface area contributed by atoms with Crippen molar-refractivity contribution in [2.45, 2.75) is 30.6 Å². The summed E-state index contributed by atoms with van der Waals surface area (Å²) in [7, 11) is -3.56. The SMILES string of the molecule is O=C(CCS(=O)(=O)c1ccc2c(c1)CCC2)N1CCN(C(=O)c2ccc(F)c(F)c2)CC1. The van der Waals surface area contributed by atoms with E-state index < -0.39 is 27.4 Å². The van der Waals surface area contributed by atoms with Gasteiger partial charge in [0, 0.05) is 38.2 Å². The number of halogens is 2. The molecule has 32 heavy (non-hydrogen) atoms. The van der Waals surface area contributed by atoms with Gasteiger partial charge in [0.15, 0.2) is 21.5 Å². The van der Waals surface area contributed by atoms with E-state index in [1.807, 2.05) is 6.07 Å². The number of fused-ring (bicyclic) bond motifs is 1. The normalized spacial score (nSPS) is 16.2. The minimum absolute atomic E-state index is 0.0455. The van der Waals surface area contributed by atoms with E-state index in [0.717, 1.165) is 37.0 Å². The molecule has 1 saturated heterocycles. The highest BCUT2D eigenvalue weighted by Gasteiger charge is 2.27. The molecule has 1 aliphatic heterocycles. The lowest BCUT2D eigenvalue weighted by atomic mass is 10.1. The Morgan fingerprint density at radius 3 is 2.25 bits per heavy atom. The van der Waals surface area contributed by atoms with Crippen LogP contribution in [0.4, 0.5) is 8.78 Å². The number of amides is 2. The summed E-state index contributed by atoms with van der Waals surface area (Å²) in [5.74, 6) is -3.09. The first-order chi connectivity index (χ1) is 15.2. The molecule has 6 nitrogen and oxygen atoms in total. The number of hydrogen-bond acceptors (Lipinski definition) is 4. The third kappa shape index (κ3) is 4.67. The molecular formula is C23H24F2N2O4S. The zero-order chi connectivity index (χ0) is 22.9. The maximum absolute atomic E-state index is 13.4. The Morgan fingerprint density at radius 2 is 1.53 bits per heavy atom. The van der Waals surface area contributed by atoms with Gasteiger partial charge >= 0.3 is 0 Å². The van der Waals surface area contributed by atoms with Crippen molar-refractivity contribution in [2.75, 3.05) is 31.9 Å². The van der Waals surface area contributed by atoms with Gasteiger partial charge in [-0.2, -0.15) is 0 Å².